The number of benzene rings is 2. The molecule has 0 radical (unpaired) electrons. The van der Waals surface area contributed by atoms with Gasteiger partial charge in [0.25, 0.3) is 0 Å². The molecule has 7 heteroatoms. The van der Waals surface area contributed by atoms with Crippen molar-refractivity contribution in [3.8, 4) is 11.5 Å². The Balaban J connectivity index is 2.25. The predicted molar refractivity (Wildman–Crippen MR) is 97.8 cm³/mol. The van der Waals surface area contributed by atoms with Crippen LogP contribution in [0.5, 0.6) is 11.5 Å². The quantitative estimate of drug-likeness (QED) is 0.606. The van der Waals surface area contributed by atoms with Crippen LogP contribution < -0.4 is 14.2 Å². The molecule has 0 amide bonds. The Hall–Kier alpha value is -2.80. The molecule has 0 aliphatic heterocycles. The van der Waals surface area contributed by atoms with Gasteiger partial charge in [-0.25, -0.2) is 8.42 Å². The molecule has 0 heterocycles. The molecule has 0 saturated heterocycles. The highest BCUT2D eigenvalue weighted by atomic mass is 32.2. The first-order valence-electron chi connectivity index (χ1n) is 7.34. The van der Waals surface area contributed by atoms with E-state index in [1.54, 1.807) is 56.7 Å². The first kappa shape index (κ1) is 18.5. The van der Waals surface area contributed by atoms with Gasteiger partial charge in [0.05, 0.1) is 20.5 Å². The van der Waals surface area contributed by atoms with Crippen molar-refractivity contribution in [1.29, 1.82) is 0 Å². The number of nitrogens with one attached hydrogen (secondary N) is 1. The van der Waals surface area contributed by atoms with Crippen LogP contribution >= 0.6 is 0 Å². The maximum atomic E-state index is 12.4. The van der Waals surface area contributed by atoms with Crippen LogP contribution in [0.2, 0.25) is 0 Å². The zero-order valence-electron chi connectivity index (χ0n) is 14.1. The average molecular weight is 361 g/mol. The number of sulfonamides is 1. The minimum Gasteiger partial charge on any atom is -0.497 e. The van der Waals surface area contributed by atoms with E-state index in [2.05, 4.69) is 4.72 Å². The number of hydrogen-bond acceptors (Lipinski definition) is 5. The van der Waals surface area contributed by atoms with E-state index in [-0.39, 0.29) is 5.78 Å². The van der Waals surface area contributed by atoms with Crippen LogP contribution in [0.1, 0.15) is 15.9 Å². The van der Waals surface area contributed by atoms with E-state index in [4.69, 9.17) is 9.47 Å². The summed E-state index contributed by atoms with van der Waals surface area (Å²) >= 11 is 0. The molecule has 25 heavy (non-hydrogen) atoms. The molecule has 2 rings (SSSR count). The van der Waals surface area contributed by atoms with Gasteiger partial charge in [-0.3, -0.25) is 9.52 Å². The van der Waals surface area contributed by atoms with Crippen LogP contribution in [-0.2, 0) is 10.0 Å². The normalized spacial score (nSPS) is 11.3. The molecule has 0 atom stereocenters. The van der Waals surface area contributed by atoms with Crippen LogP contribution in [0.25, 0.3) is 6.08 Å². The Kier molecular flexibility index (Phi) is 5.82. The lowest BCUT2D eigenvalue weighted by Gasteiger charge is -2.07. The molecule has 2 aromatic carbocycles. The Labute approximate surface area is 147 Å². The molecule has 0 spiro atoms. The van der Waals surface area contributed by atoms with E-state index < -0.39 is 10.0 Å². The summed E-state index contributed by atoms with van der Waals surface area (Å²) in [5.41, 5.74) is 1.40. The summed E-state index contributed by atoms with van der Waals surface area (Å²) < 4.78 is 35.3. The second-order valence-corrected chi connectivity index (χ2v) is 7.01. The van der Waals surface area contributed by atoms with Gasteiger partial charge >= 0.3 is 0 Å². The number of rotatable bonds is 7. The number of allylic oxidation sites excluding steroid dienone is 1. The van der Waals surface area contributed by atoms with Gasteiger partial charge in [0, 0.05) is 16.8 Å². The summed E-state index contributed by atoms with van der Waals surface area (Å²) in [6, 6.07) is 11.6. The van der Waals surface area contributed by atoms with Crippen LogP contribution in [0.4, 0.5) is 5.69 Å². The zero-order valence-corrected chi connectivity index (χ0v) is 15.0. The maximum absolute atomic E-state index is 12.4. The van der Waals surface area contributed by atoms with Gasteiger partial charge in [0.1, 0.15) is 11.5 Å². The van der Waals surface area contributed by atoms with Crippen LogP contribution in [0.15, 0.2) is 48.5 Å². The van der Waals surface area contributed by atoms with Gasteiger partial charge in [-0.2, -0.15) is 0 Å². The summed E-state index contributed by atoms with van der Waals surface area (Å²) in [5, 5.41) is 0. The maximum Gasteiger partial charge on any atom is 0.229 e. The standard InChI is InChI=1S/C18H19NO5S/c1-23-16-8-10-18(24-2)14(12-16)7-9-17(20)13-5-4-6-15(11-13)19-25(3,21)22/h4-12,19H,1-3H3. The number of carbonyl (C=O) groups excluding carboxylic acids is 1. The van der Waals surface area contributed by atoms with Crippen molar-refractivity contribution in [2.45, 2.75) is 0 Å². The van der Waals surface area contributed by atoms with Crippen molar-refractivity contribution >= 4 is 27.6 Å². The monoisotopic (exact) mass is 361 g/mol. The number of carbonyl (C=O) groups is 1. The SMILES string of the molecule is COc1ccc(OC)c(C=CC(=O)c2cccc(NS(C)(=O)=O)c2)c1. The van der Waals surface area contributed by atoms with Crippen LogP contribution in [0.3, 0.4) is 0 Å². The van der Waals surface area contributed by atoms with Crippen LogP contribution in [-0.4, -0.2) is 34.7 Å². The second kappa shape index (κ2) is 7.85. The summed E-state index contributed by atoms with van der Waals surface area (Å²) in [6.07, 6.45) is 4.08. The van der Waals surface area contributed by atoms with Gasteiger partial charge in [-0.1, -0.05) is 12.1 Å². The molecule has 1 N–H and O–H groups in total. The number of ether oxygens (including phenoxy) is 2. The first-order chi connectivity index (χ1) is 11.8. The third-order valence-electron chi connectivity index (χ3n) is 3.30. The summed E-state index contributed by atoms with van der Waals surface area (Å²) in [7, 11) is -0.302. The topological polar surface area (TPSA) is 81.7 Å². The van der Waals surface area contributed by atoms with Gasteiger partial charge in [-0.05, 0) is 42.5 Å². The van der Waals surface area contributed by atoms with Crippen molar-refractivity contribution in [3.05, 3.63) is 59.7 Å². The second-order valence-electron chi connectivity index (χ2n) is 5.26. The molecule has 0 aliphatic rings. The molecule has 0 bridgehead atoms. The third kappa shape index (κ3) is 5.36. The molecule has 0 saturated carbocycles. The Morgan fingerprint density at radius 2 is 1.84 bits per heavy atom. The molecular weight excluding hydrogens is 342 g/mol. The van der Waals surface area contributed by atoms with Crippen molar-refractivity contribution in [1.82, 2.24) is 0 Å². The molecule has 132 valence electrons. The predicted octanol–water partition coefficient (Wildman–Crippen LogP) is 2.97. The Morgan fingerprint density at radius 1 is 1.08 bits per heavy atom. The highest BCUT2D eigenvalue weighted by molar-refractivity contribution is 7.92. The third-order valence-corrected chi connectivity index (χ3v) is 3.91. The lowest BCUT2D eigenvalue weighted by molar-refractivity contribution is 0.104. The highest BCUT2D eigenvalue weighted by Crippen LogP contribution is 2.25. The molecule has 0 fully saturated rings. The minimum absolute atomic E-state index is 0.262. The van der Waals surface area contributed by atoms with E-state index in [1.807, 2.05) is 0 Å². The number of methoxy groups -OCH3 is 2. The van der Waals surface area contributed by atoms with Gasteiger partial charge < -0.3 is 9.47 Å². The fourth-order valence-electron chi connectivity index (χ4n) is 2.18. The minimum atomic E-state index is -3.40. The smallest absolute Gasteiger partial charge is 0.229 e. The van der Waals surface area contributed by atoms with E-state index >= 15 is 0 Å². The summed E-state index contributed by atoms with van der Waals surface area (Å²) in [4.78, 5) is 12.4. The molecule has 0 unspecified atom stereocenters. The van der Waals surface area contributed by atoms with E-state index in [9.17, 15) is 13.2 Å². The molecule has 2 aromatic rings. The molecule has 0 aromatic heterocycles. The van der Waals surface area contributed by atoms with Gasteiger partial charge in [-0.15, -0.1) is 0 Å². The zero-order chi connectivity index (χ0) is 18.4. The average Bonchev–Trinajstić information content (AvgIpc) is 2.58. The van der Waals surface area contributed by atoms with Crippen LogP contribution in [0, 0.1) is 0 Å². The van der Waals surface area contributed by atoms with Crippen molar-refractivity contribution in [2.24, 2.45) is 0 Å². The number of ketones is 1. The van der Waals surface area contributed by atoms with E-state index in [0.29, 0.717) is 28.3 Å². The van der Waals surface area contributed by atoms with Crippen molar-refractivity contribution in [3.63, 3.8) is 0 Å². The lowest BCUT2D eigenvalue weighted by atomic mass is 10.1. The fraction of sp³-hybridized carbons (Fsp3) is 0.167. The number of hydrogen-bond donors (Lipinski definition) is 1. The largest absolute Gasteiger partial charge is 0.497 e. The molecule has 6 nitrogen and oxygen atoms in total. The fourth-order valence-corrected chi connectivity index (χ4v) is 2.74. The highest BCUT2D eigenvalue weighted by Gasteiger charge is 2.07. The first-order valence-corrected chi connectivity index (χ1v) is 9.24. The number of anilines is 1. The molecule has 0 aliphatic carbocycles. The van der Waals surface area contributed by atoms with Crippen molar-refractivity contribution < 1.29 is 22.7 Å². The summed E-state index contributed by atoms with van der Waals surface area (Å²) in [5.74, 6) is 0.992. The summed E-state index contributed by atoms with van der Waals surface area (Å²) in [6.45, 7) is 0. The Bertz CT molecular complexity index is 903. The van der Waals surface area contributed by atoms with Gasteiger partial charge in [0.2, 0.25) is 10.0 Å². The van der Waals surface area contributed by atoms with Gasteiger partial charge in [0.15, 0.2) is 5.78 Å². The lowest BCUT2D eigenvalue weighted by Crippen LogP contribution is -2.10. The van der Waals surface area contributed by atoms with E-state index in [0.717, 1.165) is 6.26 Å². The van der Waals surface area contributed by atoms with Crippen molar-refractivity contribution in [2.75, 3.05) is 25.2 Å². The molecular formula is C18H19NO5S. The van der Waals surface area contributed by atoms with E-state index in [1.165, 1.54) is 12.1 Å². The Morgan fingerprint density at radius 3 is 2.48 bits per heavy atom.